The van der Waals surface area contributed by atoms with E-state index in [4.69, 9.17) is 19.9 Å². The second-order valence-corrected chi connectivity index (χ2v) is 6.36. The Kier molecular flexibility index (Phi) is 6.45. The zero-order chi connectivity index (χ0) is 17.6. The molecule has 1 fully saturated rings. The van der Waals surface area contributed by atoms with Gasteiger partial charge in [-0.3, -0.25) is 4.79 Å². The number of nitrogens with two attached hydrogens (primary N) is 1. The first-order valence-electron chi connectivity index (χ1n) is 8.34. The Hall–Kier alpha value is -1.79. The molecule has 1 aliphatic heterocycles. The number of carbonyl (C=O) groups excluding carboxylic acids is 1. The highest BCUT2D eigenvalue weighted by molar-refractivity contribution is 5.83. The zero-order valence-electron chi connectivity index (χ0n) is 14.8. The Labute approximate surface area is 143 Å². The summed E-state index contributed by atoms with van der Waals surface area (Å²) in [6.45, 7) is 3.53. The molecule has 1 heterocycles. The molecule has 134 valence electrons. The third kappa shape index (κ3) is 4.19. The number of hydrogen-bond donors (Lipinski definition) is 2. The van der Waals surface area contributed by atoms with E-state index in [2.05, 4.69) is 5.32 Å². The van der Waals surface area contributed by atoms with Gasteiger partial charge in [0.1, 0.15) is 0 Å². The number of nitrogens with one attached hydrogen (secondary N) is 1. The van der Waals surface area contributed by atoms with Crippen molar-refractivity contribution in [2.75, 3.05) is 34.0 Å². The lowest BCUT2D eigenvalue weighted by molar-refractivity contribution is -0.136. The molecular formula is C18H28N2O4. The SMILES string of the molecule is COc1ccc(CC(C)NC(=O)C2(CN)CCOCC2)cc1OC. The van der Waals surface area contributed by atoms with Crippen LogP contribution in [-0.2, 0) is 16.0 Å². The van der Waals surface area contributed by atoms with Gasteiger partial charge in [0.25, 0.3) is 0 Å². The first-order valence-corrected chi connectivity index (χ1v) is 8.34. The van der Waals surface area contributed by atoms with Crippen LogP contribution in [0.2, 0.25) is 0 Å². The Morgan fingerprint density at radius 1 is 1.29 bits per heavy atom. The molecule has 1 atom stereocenters. The second-order valence-electron chi connectivity index (χ2n) is 6.36. The van der Waals surface area contributed by atoms with Crippen LogP contribution in [0.4, 0.5) is 0 Å². The predicted molar refractivity (Wildman–Crippen MR) is 92.4 cm³/mol. The van der Waals surface area contributed by atoms with Crippen LogP contribution in [0.25, 0.3) is 0 Å². The maximum atomic E-state index is 12.7. The van der Waals surface area contributed by atoms with Crippen LogP contribution in [0, 0.1) is 5.41 Å². The third-order valence-electron chi connectivity index (χ3n) is 4.69. The summed E-state index contributed by atoms with van der Waals surface area (Å²) in [6, 6.07) is 5.80. The summed E-state index contributed by atoms with van der Waals surface area (Å²) in [5.41, 5.74) is 6.47. The molecule has 1 saturated heterocycles. The van der Waals surface area contributed by atoms with E-state index < -0.39 is 5.41 Å². The molecule has 0 aliphatic carbocycles. The minimum Gasteiger partial charge on any atom is -0.493 e. The summed E-state index contributed by atoms with van der Waals surface area (Å²) >= 11 is 0. The Morgan fingerprint density at radius 3 is 2.54 bits per heavy atom. The molecular weight excluding hydrogens is 308 g/mol. The van der Waals surface area contributed by atoms with Gasteiger partial charge in [-0.1, -0.05) is 6.07 Å². The van der Waals surface area contributed by atoms with E-state index in [9.17, 15) is 4.79 Å². The van der Waals surface area contributed by atoms with E-state index in [1.807, 2.05) is 25.1 Å². The van der Waals surface area contributed by atoms with E-state index in [0.29, 0.717) is 50.5 Å². The molecule has 1 aliphatic rings. The minimum absolute atomic E-state index is 0.00173. The van der Waals surface area contributed by atoms with Crippen molar-refractivity contribution in [3.63, 3.8) is 0 Å². The van der Waals surface area contributed by atoms with Gasteiger partial charge in [-0.25, -0.2) is 0 Å². The smallest absolute Gasteiger partial charge is 0.227 e. The fourth-order valence-corrected chi connectivity index (χ4v) is 3.08. The van der Waals surface area contributed by atoms with E-state index in [1.54, 1.807) is 14.2 Å². The van der Waals surface area contributed by atoms with Gasteiger partial charge in [0.05, 0.1) is 19.6 Å². The number of hydrogen-bond acceptors (Lipinski definition) is 5. The standard InChI is InChI=1S/C18H28N2O4/c1-13(10-14-4-5-15(22-2)16(11-14)23-3)20-17(21)18(12-19)6-8-24-9-7-18/h4-5,11,13H,6-10,12,19H2,1-3H3,(H,20,21). The van der Waals surface area contributed by atoms with Crippen molar-refractivity contribution >= 4 is 5.91 Å². The molecule has 0 bridgehead atoms. The molecule has 1 unspecified atom stereocenters. The van der Waals surface area contributed by atoms with E-state index in [0.717, 1.165) is 5.56 Å². The van der Waals surface area contributed by atoms with Crippen LogP contribution >= 0.6 is 0 Å². The maximum absolute atomic E-state index is 12.7. The Balaban J connectivity index is 1.99. The van der Waals surface area contributed by atoms with Crippen LogP contribution in [0.15, 0.2) is 18.2 Å². The highest BCUT2D eigenvalue weighted by Gasteiger charge is 2.39. The van der Waals surface area contributed by atoms with Crippen LogP contribution in [0.3, 0.4) is 0 Å². The van der Waals surface area contributed by atoms with E-state index in [-0.39, 0.29) is 11.9 Å². The van der Waals surface area contributed by atoms with Crippen molar-refractivity contribution in [2.45, 2.75) is 32.2 Å². The summed E-state index contributed by atoms with van der Waals surface area (Å²) in [5.74, 6) is 1.42. The molecule has 6 heteroatoms. The quantitative estimate of drug-likeness (QED) is 0.788. The van der Waals surface area contributed by atoms with E-state index >= 15 is 0 Å². The monoisotopic (exact) mass is 336 g/mol. The van der Waals surface area contributed by atoms with Gasteiger partial charge in [0.2, 0.25) is 5.91 Å². The van der Waals surface area contributed by atoms with Crippen LogP contribution in [0.5, 0.6) is 11.5 Å². The predicted octanol–water partition coefficient (Wildman–Crippen LogP) is 1.51. The van der Waals surface area contributed by atoms with Crippen molar-refractivity contribution < 1.29 is 19.0 Å². The van der Waals surface area contributed by atoms with Gasteiger partial charge in [-0.2, -0.15) is 0 Å². The number of ether oxygens (including phenoxy) is 3. The molecule has 1 aromatic carbocycles. The number of methoxy groups -OCH3 is 2. The Bertz CT molecular complexity index is 556. The summed E-state index contributed by atoms with van der Waals surface area (Å²) in [7, 11) is 3.23. The zero-order valence-corrected chi connectivity index (χ0v) is 14.8. The highest BCUT2D eigenvalue weighted by Crippen LogP contribution is 2.30. The lowest BCUT2D eigenvalue weighted by Gasteiger charge is -2.35. The molecule has 24 heavy (non-hydrogen) atoms. The lowest BCUT2D eigenvalue weighted by atomic mass is 9.79. The van der Waals surface area contributed by atoms with Crippen molar-refractivity contribution in [1.29, 1.82) is 0 Å². The largest absolute Gasteiger partial charge is 0.493 e. The van der Waals surface area contributed by atoms with Crippen LogP contribution in [0.1, 0.15) is 25.3 Å². The first kappa shape index (κ1) is 18.5. The van der Waals surface area contributed by atoms with Crippen LogP contribution < -0.4 is 20.5 Å². The molecule has 3 N–H and O–H groups in total. The maximum Gasteiger partial charge on any atom is 0.227 e. The molecule has 0 spiro atoms. The van der Waals surface area contributed by atoms with Crippen molar-refractivity contribution in [2.24, 2.45) is 11.1 Å². The highest BCUT2D eigenvalue weighted by atomic mass is 16.5. The molecule has 0 saturated carbocycles. The molecule has 2 rings (SSSR count). The number of carbonyl (C=O) groups is 1. The van der Waals surface area contributed by atoms with Crippen molar-refractivity contribution in [3.8, 4) is 11.5 Å². The van der Waals surface area contributed by atoms with Crippen molar-refractivity contribution in [3.05, 3.63) is 23.8 Å². The molecule has 1 amide bonds. The summed E-state index contributed by atoms with van der Waals surface area (Å²) < 4.78 is 15.9. The lowest BCUT2D eigenvalue weighted by Crippen LogP contribution is -2.51. The molecule has 0 aromatic heterocycles. The normalized spacial score (nSPS) is 17.8. The van der Waals surface area contributed by atoms with Crippen molar-refractivity contribution in [1.82, 2.24) is 5.32 Å². The van der Waals surface area contributed by atoms with Crippen LogP contribution in [-0.4, -0.2) is 45.9 Å². The topological polar surface area (TPSA) is 82.8 Å². The molecule has 6 nitrogen and oxygen atoms in total. The van der Waals surface area contributed by atoms with Gasteiger partial charge in [0, 0.05) is 25.8 Å². The second kappa shape index (κ2) is 8.35. The molecule has 1 aromatic rings. The molecule has 0 radical (unpaired) electrons. The van der Waals surface area contributed by atoms with Gasteiger partial charge in [-0.15, -0.1) is 0 Å². The first-order chi connectivity index (χ1) is 11.5. The summed E-state index contributed by atoms with van der Waals surface area (Å²) in [5, 5.41) is 3.11. The fourth-order valence-electron chi connectivity index (χ4n) is 3.08. The van der Waals surface area contributed by atoms with Gasteiger partial charge >= 0.3 is 0 Å². The van der Waals surface area contributed by atoms with Gasteiger partial charge in [-0.05, 0) is 43.9 Å². The fraction of sp³-hybridized carbons (Fsp3) is 0.611. The average molecular weight is 336 g/mol. The summed E-state index contributed by atoms with van der Waals surface area (Å²) in [6.07, 6.45) is 2.07. The number of rotatable bonds is 7. The van der Waals surface area contributed by atoms with E-state index in [1.165, 1.54) is 0 Å². The van der Waals surface area contributed by atoms with Gasteiger partial charge < -0.3 is 25.3 Å². The Morgan fingerprint density at radius 2 is 1.96 bits per heavy atom. The number of amides is 1. The minimum atomic E-state index is -0.496. The summed E-state index contributed by atoms with van der Waals surface area (Å²) in [4.78, 5) is 12.7. The third-order valence-corrected chi connectivity index (χ3v) is 4.69. The average Bonchev–Trinajstić information content (AvgIpc) is 2.61. The number of benzene rings is 1. The van der Waals surface area contributed by atoms with Gasteiger partial charge in [0.15, 0.2) is 11.5 Å².